The van der Waals surface area contributed by atoms with Crippen molar-refractivity contribution in [2.24, 2.45) is 0 Å². The summed E-state index contributed by atoms with van der Waals surface area (Å²) in [4.78, 5) is 0. The maximum absolute atomic E-state index is 9.14. The summed E-state index contributed by atoms with van der Waals surface area (Å²) in [5.41, 5.74) is 1.58. The Balaban J connectivity index is 2.05. The lowest BCUT2D eigenvalue weighted by atomic mass is 10.3. The van der Waals surface area contributed by atoms with Gasteiger partial charge in [-0.25, -0.2) is 4.68 Å². The molecule has 1 aromatic heterocycles. The van der Waals surface area contributed by atoms with Crippen molar-refractivity contribution in [3.05, 3.63) is 40.1 Å². The van der Waals surface area contributed by atoms with Gasteiger partial charge < -0.3 is 10.4 Å². The van der Waals surface area contributed by atoms with Crippen LogP contribution in [0.15, 0.2) is 24.4 Å². The molecular weight excluding hydrogens is 287 g/mol. The minimum absolute atomic E-state index is 0.384. The lowest BCUT2D eigenvalue weighted by molar-refractivity contribution is 0.191. The van der Waals surface area contributed by atoms with Gasteiger partial charge in [-0.1, -0.05) is 28.4 Å². The first-order valence-corrected chi connectivity index (χ1v) is 6.57. The van der Waals surface area contributed by atoms with Gasteiger partial charge in [0.1, 0.15) is 0 Å². The molecule has 0 bridgehead atoms. The van der Waals surface area contributed by atoms with Gasteiger partial charge in [0.2, 0.25) is 0 Å². The molecule has 0 unspecified atom stereocenters. The largest absolute Gasteiger partial charge is 0.392 e. The number of hydrogen-bond donors (Lipinski definition) is 2. The predicted molar refractivity (Wildman–Crippen MR) is 74.8 cm³/mol. The number of rotatable bonds is 5. The summed E-state index contributed by atoms with van der Waals surface area (Å²) in [6.45, 7) is 2.78. The van der Waals surface area contributed by atoms with Crippen LogP contribution in [0.5, 0.6) is 0 Å². The second-order valence-electron chi connectivity index (χ2n) is 4.23. The Hall–Kier alpha value is -1.14. The van der Waals surface area contributed by atoms with Crippen molar-refractivity contribution in [1.82, 2.24) is 20.3 Å². The first-order valence-electron chi connectivity index (χ1n) is 5.81. The molecule has 1 aromatic carbocycles. The average Bonchev–Trinajstić information content (AvgIpc) is 2.81. The number of nitrogens with one attached hydrogen (secondary N) is 1. The van der Waals surface area contributed by atoms with Crippen LogP contribution in [0.1, 0.15) is 12.6 Å². The van der Waals surface area contributed by atoms with E-state index in [2.05, 4.69) is 15.6 Å². The molecule has 102 valence electrons. The van der Waals surface area contributed by atoms with Crippen LogP contribution in [0.2, 0.25) is 10.0 Å². The average molecular weight is 301 g/mol. The van der Waals surface area contributed by atoms with E-state index < -0.39 is 0 Å². The van der Waals surface area contributed by atoms with Crippen molar-refractivity contribution in [2.45, 2.75) is 19.6 Å². The third-order valence-corrected chi connectivity index (χ3v) is 3.19. The van der Waals surface area contributed by atoms with Crippen LogP contribution in [0.25, 0.3) is 5.69 Å². The number of aromatic nitrogens is 3. The van der Waals surface area contributed by atoms with Crippen LogP contribution in [-0.2, 0) is 6.54 Å². The molecular formula is C12H14Cl2N4O. The molecule has 5 nitrogen and oxygen atoms in total. The zero-order chi connectivity index (χ0) is 13.8. The molecule has 2 rings (SSSR count). The van der Waals surface area contributed by atoms with E-state index in [1.807, 2.05) is 6.07 Å². The van der Waals surface area contributed by atoms with E-state index in [4.69, 9.17) is 28.3 Å². The van der Waals surface area contributed by atoms with Crippen LogP contribution >= 0.6 is 23.2 Å². The van der Waals surface area contributed by atoms with E-state index >= 15 is 0 Å². The minimum Gasteiger partial charge on any atom is -0.392 e. The van der Waals surface area contributed by atoms with E-state index in [-0.39, 0.29) is 6.10 Å². The van der Waals surface area contributed by atoms with E-state index in [1.54, 1.807) is 29.9 Å². The van der Waals surface area contributed by atoms with E-state index in [0.29, 0.717) is 23.1 Å². The van der Waals surface area contributed by atoms with Gasteiger partial charge in [-0.3, -0.25) is 0 Å². The molecule has 0 radical (unpaired) electrons. The number of nitrogens with zero attached hydrogens (tertiary/aromatic N) is 3. The Morgan fingerprint density at radius 3 is 2.84 bits per heavy atom. The topological polar surface area (TPSA) is 63.0 Å². The molecule has 0 aliphatic carbocycles. The molecule has 19 heavy (non-hydrogen) atoms. The van der Waals surface area contributed by atoms with Crippen molar-refractivity contribution in [1.29, 1.82) is 0 Å². The van der Waals surface area contributed by atoms with Crippen molar-refractivity contribution in [3.63, 3.8) is 0 Å². The molecule has 0 aliphatic rings. The van der Waals surface area contributed by atoms with Crippen LogP contribution in [0.3, 0.4) is 0 Å². The Labute approximate surface area is 121 Å². The summed E-state index contributed by atoms with van der Waals surface area (Å²) in [6, 6.07) is 5.26. The van der Waals surface area contributed by atoms with Crippen LogP contribution in [0, 0.1) is 0 Å². The van der Waals surface area contributed by atoms with Crippen molar-refractivity contribution >= 4 is 23.2 Å². The molecule has 0 spiro atoms. The number of aliphatic hydroxyl groups is 1. The molecule has 1 atom stereocenters. The first-order chi connectivity index (χ1) is 9.06. The zero-order valence-electron chi connectivity index (χ0n) is 10.3. The molecule has 0 saturated heterocycles. The van der Waals surface area contributed by atoms with Gasteiger partial charge in [0.05, 0.1) is 33.7 Å². The molecule has 0 amide bonds. The van der Waals surface area contributed by atoms with Gasteiger partial charge >= 0.3 is 0 Å². The summed E-state index contributed by atoms with van der Waals surface area (Å²) in [5.74, 6) is 0. The third-order valence-electron chi connectivity index (χ3n) is 2.45. The van der Waals surface area contributed by atoms with Gasteiger partial charge in [-0.15, -0.1) is 5.10 Å². The smallest absolute Gasteiger partial charge is 0.0969 e. The molecule has 0 fully saturated rings. The first kappa shape index (κ1) is 14.3. The Morgan fingerprint density at radius 2 is 2.16 bits per heavy atom. The normalized spacial score (nSPS) is 12.6. The van der Waals surface area contributed by atoms with Crippen LogP contribution in [-0.4, -0.2) is 32.7 Å². The van der Waals surface area contributed by atoms with Crippen molar-refractivity contribution in [2.75, 3.05) is 6.54 Å². The Bertz CT molecular complexity index is 556. The molecule has 2 aromatic rings. The molecule has 0 aliphatic heterocycles. The quantitative estimate of drug-likeness (QED) is 0.887. The van der Waals surface area contributed by atoms with Gasteiger partial charge in [-0.2, -0.15) is 0 Å². The number of benzene rings is 1. The van der Waals surface area contributed by atoms with Gasteiger partial charge in [0, 0.05) is 13.1 Å². The van der Waals surface area contributed by atoms with Crippen LogP contribution < -0.4 is 5.32 Å². The fourth-order valence-electron chi connectivity index (χ4n) is 1.54. The van der Waals surface area contributed by atoms with E-state index in [1.165, 1.54) is 0 Å². The fraction of sp³-hybridized carbons (Fsp3) is 0.333. The summed E-state index contributed by atoms with van der Waals surface area (Å²) in [7, 11) is 0. The number of aliphatic hydroxyl groups excluding tert-OH is 1. The summed E-state index contributed by atoms with van der Waals surface area (Å²) < 4.78 is 1.63. The third kappa shape index (κ3) is 3.91. The van der Waals surface area contributed by atoms with Gasteiger partial charge in [0.15, 0.2) is 0 Å². The summed E-state index contributed by atoms with van der Waals surface area (Å²) in [6.07, 6.45) is 1.42. The second-order valence-corrected chi connectivity index (χ2v) is 5.05. The highest BCUT2D eigenvalue weighted by molar-refractivity contribution is 6.42. The molecule has 1 heterocycles. The SMILES string of the molecule is C[C@H](O)CNCc1cn(-c2ccc(Cl)c(Cl)c2)nn1. The Morgan fingerprint density at radius 1 is 1.37 bits per heavy atom. The van der Waals surface area contributed by atoms with Crippen molar-refractivity contribution < 1.29 is 5.11 Å². The summed E-state index contributed by atoms with van der Waals surface area (Å²) in [5, 5.41) is 21.2. The zero-order valence-corrected chi connectivity index (χ0v) is 11.9. The van der Waals surface area contributed by atoms with Gasteiger partial charge in [0.25, 0.3) is 0 Å². The van der Waals surface area contributed by atoms with Crippen LogP contribution in [0.4, 0.5) is 0 Å². The lowest BCUT2D eigenvalue weighted by Crippen LogP contribution is -2.23. The fourth-order valence-corrected chi connectivity index (χ4v) is 1.83. The summed E-state index contributed by atoms with van der Waals surface area (Å²) >= 11 is 11.8. The highest BCUT2D eigenvalue weighted by atomic mass is 35.5. The standard InChI is InChI=1S/C12H14Cl2N4O/c1-8(19)5-15-6-9-7-18(17-16-9)10-2-3-11(13)12(14)4-10/h2-4,7-8,15,19H,5-6H2,1H3/t8-/m0/s1. The lowest BCUT2D eigenvalue weighted by Gasteiger charge is -2.04. The van der Waals surface area contributed by atoms with E-state index in [0.717, 1.165) is 11.4 Å². The minimum atomic E-state index is -0.384. The number of hydrogen-bond acceptors (Lipinski definition) is 4. The molecule has 2 N–H and O–H groups in total. The second kappa shape index (κ2) is 6.34. The predicted octanol–water partition coefficient (Wildman–Crippen LogP) is 2.04. The van der Waals surface area contributed by atoms with Gasteiger partial charge in [-0.05, 0) is 25.1 Å². The van der Waals surface area contributed by atoms with Crippen molar-refractivity contribution in [3.8, 4) is 5.69 Å². The maximum atomic E-state index is 9.14. The highest BCUT2D eigenvalue weighted by Crippen LogP contribution is 2.24. The Kier molecular flexibility index (Phi) is 4.76. The maximum Gasteiger partial charge on any atom is 0.0969 e. The molecule has 7 heteroatoms. The monoisotopic (exact) mass is 300 g/mol. The number of halogens is 2. The molecule has 0 saturated carbocycles. The van der Waals surface area contributed by atoms with E-state index in [9.17, 15) is 0 Å². The highest BCUT2D eigenvalue weighted by Gasteiger charge is 2.05.